The van der Waals surface area contributed by atoms with Gasteiger partial charge in [-0.3, -0.25) is 9.83 Å². The largest absolute Gasteiger partial charge is 0.404 e. The number of hydroxylamine groups is 1. The van der Waals surface area contributed by atoms with E-state index in [9.17, 15) is 13.9 Å². The number of aliphatic hydroxyl groups excluding tert-OH is 1. The Morgan fingerprint density at radius 1 is 1.20 bits per heavy atom. The maximum atomic E-state index is 14.7. The topological polar surface area (TPSA) is 133 Å². The van der Waals surface area contributed by atoms with Gasteiger partial charge in [-0.05, 0) is 44.5 Å². The molecule has 208 valence electrons. The van der Waals surface area contributed by atoms with Crippen LogP contribution in [0.2, 0.25) is 0 Å². The number of ether oxygens (including phenoxy) is 1. The number of nitrogens with one attached hydrogen (secondary N) is 1. The Kier molecular flexibility index (Phi) is 6.92. The Morgan fingerprint density at radius 3 is 2.83 bits per heavy atom. The van der Waals surface area contributed by atoms with Crippen LogP contribution in [0, 0.1) is 32.4 Å². The number of halogens is 2. The van der Waals surface area contributed by atoms with Crippen molar-refractivity contribution in [3.8, 4) is 5.69 Å². The van der Waals surface area contributed by atoms with Gasteiger partial charge in [0.15, 0.2) is 17.5 Å². The van der Waals surface area contributed by atoms with Crippen molar-refractivity contribution < 1.29 is 23.5 Å². The van der Waals surface area contributed by atoms with Crippen molar-refractivity contribution in [3.05, 3.63) is 75.9 Å². The summed E-state index contributed by atoms with van der Waals surface area (Å²) in [5.41, 5.74) is 10.5. The number of aryl methyl sites for hydroxylation is 3. The van der Waals surface area contributed by atoms with Crippen LogP contribution in [0.4, 0.5) is 8.78 Å². The molecule has 13 heteroatoms. The lowest BCUT2D eigenvalue weighted by Gasteiger charge is -2.38. The molecule has 2 aliphatic heterocycles. The minimum atomic E-state index is -1.22. The number of fused-ring (bicyclic) bond motifs is 2. The SMILES string of the molecule is Cc1nc(C2OC3CNOC3C(N=CC(=CN)c3ccc(C)c(F)c3F)C2O)n(-c2ccc3nc(C)sc3c2)n1. The van der Waals surface area contributed by atoms with Crippen molar-refractivity contribution in [2.75, 3.05) is 6.54 Å². The van der Waals surface area contributed by atoms with E-state index in [1.54, 1.807) is 22.9 Å². The zero-order chi connectivity index (χ0) is 28.1. The Labute approximate surface area is 232 Å². The number of nitrogens with two attached hydrogens (primary N) is 1. The summed E-state index contributed by atoms with van der Waals surface area (Å²) in [6.45, 7) is 5.54. The molecule has 2 saturated heterocycles. The molecule has 0 bridgehead atoms. The first-order chi connectivity index (χ1) is 19.2. The molecule has 2 aromatic carbocycles. The van der Waals surface area contributed by atoms with E-state index in [0.29, 0.717) is 18.2 Å². The molecule has 0 saturated carbocycles. The fraction of sp³-hybridized carbons (Fsp3) is 0.333. The number of thiazole rings is 1. The average Bonchev–Trinajstić information content (AvgIpc) is 3.66. The van der Waals surface area contributed by atoms with Crippen molar-refractivity contribution in [3.63, 3.8) is 0 Å². The number of allylic oxidation sites excluding steroid dienone is 1. The highest BCUT2D eigenvalue weighted by Crippen LogP contribution is 2.37. The fourth-order valence-corrected chi connectivity index (χ4v) is 5.93. The molecule has 2 aromatic heterocycles. The minimum Gasteiger partial charge on any atom is -0.404 e. The molecule has 40 heavy (non-hydrogen) atoms. The smallest absolute Gasteiger partial charge is 0.167 e. The first-order valence-corrected chi connectivity index (χ1v) is 13.5. The molecule has 2 aliphatic rings. The molecular formula is C27H27F2N7O3S. The standard InChI is InChI=1S/C27H27F2N7O3S/c1-12-4-6-17(22(29)21(12)28)15(9-30)10-31-23-24(37)26(38-19-11-32-39-25(19)23)27-33-13(2)35-36(27)16-5-7-18-20(8-16)40-14(3)34-18/h4-10,19,23-26,32,37H,11,30H2,1-3H3. The van der Waals surface area contributed by atoms with Crippen molar-refractivity contribution in [2.45, 2.75) is 51.2 Å². The van der Waals surface area contributed by atoms with Gasteiger partial charge in [0.05, 0.1) is 27.5 Å². The molecule has 2 fully saturated rings. The monoisotopic (exact) mass is 567 g/mol. The molecule has 0 radical (unpaired) electrons. The van der Waals surface area contributed by atoms with E-state index < -0.39 is 42.1 Å². The van der Waals surface area contributed by atoms with E-state index >= 15 is 0 Å². The van der Waals surface area contributed by atoms with Gasteiger partial charge in [-0.1, -0.05) is 12.1 Å². The number of aliphatic imine (C=N–C) groups is 1. The summed E-state index contributed by atoms with van der Waals surface area (Å²) in [6, 6.07) is 7.83. The van der Waals surface area contributed by atoms with Crippen LogP contribution in [0.25, 0.3) is 21.5 Å². The third-order valence-electron chi connectivity index (χ3n) is 7.06. The van der Waals surface area contributed by atoms with E-state index in [-0.39, 0.29) is 16.7 Å². The van der Waals surface area contributed by atoms with Gasteiger partial charge < -0.3 is 15.6 Å². The Morgan fingerprint density at radius 2 is 2.02 bits per heavy atom. The predicted molar refractivity (Wildman–Crippen MR) is 146 cm³/mol. The van der Waals surface area contributed by atoms with Gasteiger partial charge in [0, 0.05) is 23.6 Å². The quantitative estimate of drug-likeness (QED) is 0.313. The van der Waals surface area contributed by atoms with Gasteiger partial charge in [-0.25, -0.2) is 23.4 Å². The zero-order valence-corrected chi connectivity index (χ0v) is 22.7. The first kappa shape index (κ1) is 26.6. The molecule has 6 rings (SSSR count). The van der Waals surface area contributed by atoms with Crippen LogP contribution in [0.15, 0.2) is 41.5 Å². The van der Waals surface area contributed by atoms with Crippen LogP contribution in [0.5, 0.6) is 0 Å². The summed E-state index contributed by atoms with van der Waals surface area (Å²) in [4.78, 5) is 19.3. The molecule has 5 atom stereocenters. The van der Waals surface area contributed by atoms with Crippen LogP contribution in [0.1, 0.15) is 33.9 Å². The molecular weight excluding hydrogens is 540 g/mol. The number of aliphatic hydroxyl groups is 1. The van der Waals surface area contributed by atoms with Crippen molar-refractivity contribution in [1.82, 2.24) is 25.2 Å². The van der Waals surface area contributed by atoms with Gasteiger partial charge >= 0.3 is 0 Å². The van der Waals surface area contributed by atoms with E-state index in [0.717, 1.165) is 27.1 Å². The average molecular weight is 568 g/mol. The summed E-state index contributed by atoms with van der Waals surface area (Å²) in [5.74, 6) is -1.08. The van der Waals surface area contributed by atoms with Gasteiger partial charge in [-0.15, -0.1) is 11.3 Å². The normalized spacial score (nSPS) is 25.2. The number of hydrogen-bond donors (Lipinski definition) is 3. The molecule has 0 spiro atoms. The predicted octanol–water partition coefficient (Wildman–Crippen LogP) is 3.22. The summed E-state index contributed by atoms with van der Waals surface area (Å²) in [6.07, 6.45) is -0.777. The third kappa shape index (κ3) is 4.59. The maximum Gasteiger partial charge on any atom is 0.167 e. The van der Waals surface area contributed by atoms with Crippen molar-refractivity contribution in [2.24, 2.45) is 10.7 Å². The van der Waals surface area contributed by atoms with E-state index in [2.05, 4.69) is 25.5 Å². The highest BCUT2D eigenvalue weighted by Gasteiger charge is 2.50. The van der Waals surface area contributed by atoms with Crippen LogP contribution in [0.3, 0.4) is 0 Å². The van der Waals surface area contributed by atoms with E-state index in [1.165, 1.54) is 25.3 Å². The first-order valence-electron chi connectivity index (χ1n) is 12.7. The summed E-state index contributed by atoms with van der Waals surface area (Å²) in [7, 11) is 0. The Hall–Kier alpha value is -3.62. The Bertz CT molecular complexity index is 1650. The van der Waals surface area contributed by atoms with Crippen LogP contribution >= 0.6 is 11.3 Å². The van der Waals surface area contributed by atoms with Crippen LogP contribution in [-0.2, 0) is 9.57 Å². The van der Waals surface area contributed by atoms with Gasteiger partial charge in [0.25, 0.3) is 0 Å². The van der Waals surface area contributed by atoms with Crippen molar-refractivity contribution in [1.29, 1.82) is 0 Å². The summed E-state index contributed by atoms with van der Waals surface area (Å²) in [5, 5.41) is 17.1. The number of rotatable bonds is 5. The molecule has 10 nitrogen and oxygen atoms in total. The van der Waals surface area contributed by atoms with Crippen LogP contribution < -0.4 is 11.2 Å². The number of benzene rings is 2. The second kappa shape index (κ2) is 10.4. The highest BCUT2D eigenvalue weighted by molar-refractivity contribution is 7.18. The lowest BCUT2D eigenvalue weighted by atomic mass is 9.92. The van der Waals surface area contributed by atoms with Gasteiger partial charge in [0.1, 0.15) is 36.3 Å². The van der Waals surface area contributed by atoms with E-state index in [4.69, 9.17) is 15.3 Å². The molecule has 5 unspecified atom stereocenters. The van der Waals surface area contributed by atoms with Gasteiger partial charge in [0.2, 0.25) is 0 Å². The lowest BCUT2D eigenvalue weighted by Crippen LogP contribution is -2.52. The van der Waals surface area contributed by atoms with Crippen molar-refractivity contribution >= 4 is 33.3 Å². The molecule has 4 aromatic rings. The molecule has 0 amide bonds. The lowest BCUT2D eigenvalue weighted by molar-refractivity contribution is -0.169. The molecule has 0 aliphatic carbocycles. The minimum absolute atomic E-state index is 0.0430. The van der Waals surface area contributed by atoms with E-state index in [1.807, 2.05) is 25.1 Å². The molecule has 4 N–H and O–H groups in total. The third-order valence-corrected chi connectivity index (χ3v) is 7.99. The molecule has 4 heterocycles. The summed E-state index contributed by atoms with van der Waals surface area (Å²) < 4.78 is 37.9. The highest BCUT2D eigenvalue weighted by atomic mass is 32.1. The Balaban J connectivity index is 1.35. The summed E-state index contributed by atoms with van der Waals surface area (Å²) >= 11 is 1.57. The fourth-order valence-electron chi connectivity index (χ4n) is 5.07. The second-order valence-electron chi connectivity index (χ2n) is 9.78. The zero-order valence-electron chi connectivity index (χ0n) is 21.9. The second-order valence-corrected chi connectivity index (χ2v) is 11.0. The number of aromatic nitrogens is 4. The number of nitrogens with zero attached hydrogens (tertiary/aromatic N) is 5. The van der Waals surface area contributed by atoms with Crippen LogP contribution in [-0.4, -0.2) is 62.0 Å². The maximum absolute atomic E-state index is 14.7. The van der Waals surface area contributed by atoms with Gasteiger partial charge in [-0.2, -0.15) is 10.6 Å². The number of hydrogen-bond acceptors (Lipinski definition) is 10.